The van der Waals surface area contributed by atoms with E-state index in [0.717, 1.165) is 37.6 Å². The van der Waals surface area contributed by atoms with Crippen LogP contribution in [-0.2, 0) is 5.41 Å². The molecule has 0 bridgehead atoms. The molecule has 0 aliphatic rings. The molecule has 0 atom stereocenters. The molecule has 0 N–H and O–H groups in total. The Hall–Kier alpha value is -1.18. The maximum absolute atomic E-state index is 5.73. The molecule has 1 aromatic carbocycles. The van der Waals surface area contributed by atoms with Crippen molar-refractivity contribution in [3.05, 3.63) is 23.8 Å². The van der Waals surface area contributed by atoms with Crippen LogP contribution in [0.15, 0.2) is 18.2 Å². The largest absolute Gasteiger partial charge is 0.493 e. The van der Waals surface area contributed by atoms with Gasteiger partial charge in [0.05, 0.1) is 13.2 Å². The zero-order valence-corrected chi connectivity index (χ0v) is 12.4. The number of benzene rings is 1. The van der Waals surface area contributed by atoms with Crippen LogP contribution >= 0.6 is 0 Å². The second kappa shape index (κ2) is 6.67. The van der Waals surface area contributed by atoms with Crippen LogP contribution in [0.3, 0.4) is 0 Å². The smallest absolute Gasteiger partial charge is 0.123 e. The Morgan fingerprint density at radius 2 is 1.28 bits per heavy atom. The topological polar surface area (TPSA) is 18.5 Å². The van der Waals surface area contributed by atoms with Crippen molar-refractivity contribution in [2.24, 2.45) is 0 Å². The van der Waals surface area contributed by atoms with Gasteiger partial charge < -0.3 is 9.47 Å². The van der Waals surface area contributed by atoms with Gasteiger partial charge in [0.2, 0.25) is 0 Å². The molecule has 0 heterocycles. The zero-order valence-electron chi connectivity index (χ0n) is 12.4. The molecule has 0 unspecified atom stereocenters. The van der Waals surface area contributed by atoms with Crippen molar-refractivity contribution in [3.8, 4) is 11.5 Å². The lowest BCUT2D eigenvalue weighted by Gasteiger charge is -2.21. The van der Waals surface area contributed by atoms with Crippen LogP contribution in [0.4, 0.5) is 0 Å². The van der Waals surface area contributed by atoms with E-state index in [-0.39, 0.29) is 5.41 Å². The molecule has 0 saturated carbocycles. The van der Waals surface area contributed by atoms with Crippen LogP contribution in [0, 0.1) is 0 Å². The Morgan fingerprint density at radius 1 is 0.833 bits per heavy atom. The molecule has 0 radical (unpaired) electrons. The molecule has 0 amide bonds. The summed E-state index contributed by atoms with van der Waals surface area (Å²) >= 11 is 0. The van der Waals surface area contributed by atoms with Crippen molar-refractivity contribution in [3.63, 3.8) is 0 Å². The fourth-order valence-corrected chi connectivity index (χ4v) is 1.61. The first-order valence-electron chi connectivity index (χ1n) is 6.88. The molecule has 1 aromatic rings. The summed E-state index contributed by atoms with van der Waals surface area (Å²) in [6, 6.07) is 6.23. The summed E-state index contributed by atoms with van der Waals surface area (Å²) in [7, 11) is 0. The highest BCUT2D eigenvalue weighted by molar-refractivity contribution is 5.41. The van der Waals surface area contributed by atoms with Crippen LogP contribution in [-0.4, -0.2) is 13.2 Å². The highest BCUT2D eigenvalue weighted by atomic mass is 16.5. The molecule has 0 fully saturated rings. The minimum Gasteiger partial charge on any atom is -0.493 e. The summed E-state index contributed by atoms with van der Waals surface area (Å²) in [5, 5.41) is 0. The maximum atomic E-state index is 5.73. The van der Waals surface area contributed by atoms with Gasteiger partial charge in [-0.15, -0.1) is 0 Å². The van der Waals surface area contributed by atoms with Crippen LogP contribution in [0.25, 0.3) is 0 Å². The third-order valence-corrected chi connectivity index (χ3v) is 2.69. The van der Waals surface area contributed by atoms with Gasteiger partial charge in [0.25, 0.3) is 0 Å². The summed E-state index contributed by atoms with van der Waals surface area (Å²) in [6.45, 7) is 12.3. The van der Waals surface area contributed by atoms with E-state index in [9.17, 15) is 0 Å². The molecule has 0 aromatic heterocycles. The van der Waals surface area contributed by atoms with Crippen LogP contribution in [0.2, 0.25) is 0 Å². The Bertz CT molecular complexity index is 338. The summed E-state index contributed by atoms with van der Waals surface area (Å²) in [4.78, 5) is 0. The second-order valence-electron chi connectivity index (χ2n) is 5.64. The van der Waals surface area contributed by atoms with Gasteiger partial charge in [-0.3, -0.25) is 0 Å². The van der Waals surface area contributed by atoms with Gasteiger partial charge in [-0.1, -0.05) is 34.6 Å². The molecular weight excluding hydrogens is 224 g/mol. The maximum Gasteiger partial charge on any atom is 0.123 e. The summed E-state index contributed by atoms with van der Waals surface area (Å²) < 4.78 is 11.5. The van der Waals surface area contributed by atoms with E-state index >= 15 is 0 Å². The predicted molar refractivity (Wildman–Crippen MR) is 76.7 cm³/mol. The summed E-state index contributed by atoms with van der Waals surface area (Å²) in [5.41, 5.74) is 1.36. The van der Waals surface area contributed by atoms with Gasteiger partial charge in [0.15, 0.2) is 0 Å². The molecule has 0 saturated heterocycles. The molecule has 0 aliphatic carbocycles. The predicted octanol–water partition coefficient (Wildman–Crippen LogP) is 4.56. The van der Waals surface area contributed by atoms with E-state index in [4.69, 9.17) is 9.47 Å². The molecule has 0 spiro atoms. The van der Waals surface area contributed by atoms with E-state index in [0.29, 0.717) is 0 Å². The van der Waals surface area contributed by atoms with E-state index < -0.39 is 0 Å². The van der Waals surface area contributed by atoms with Crippen molar-refractivity contribution >= 4 is 0 Å². The van der Waals surface area contributed by atoms with Crippen LogP contribution < -0.4 is 9.47 Å². The summed E-state index contributed by atoms with van der Waals surface area (Å²) in [5.74, 6) is 1.82. The van der Waals surface area contributed by atoms with Crippen molar-refractivity contribution in [1.29, 1.82) is 0 Å². The Morgan fingerprint density at radius 3 is 1.61 bits per heavy atom. The van der Waals surface area contributed by atoms with Gasteiger partial charge in [-0.05, 0) is 36.0 Å². The lowest BCUT2D eigenvalue weighted by Crippen LogP contribution is -2.12. The zero-order chi connectivity index (χ0) is 13.6. The van der Waals surface area contributed by atoms with Crippen molar-refractivity contribution in [2.75, 3.05) is 13.2 Å². The number of rotatable bonds is 6. The highest BCUT2D eigenvalue weighted by Crippen LogP contribution is 2.31. The number of hydrogen-bond donors (Lipinski definition) is 0. The number of hydrogen-bond acceptors (Lipinski definition) is 2. The van der Waals surface area contributed by atoms with Crippen LogP contribution in [0.5, 0.6) is 11.5 Å². The Labute approximate surface area is 111 Å². The quantitative estimate of drug-likeness (QED) is 0.736. The molecule has 2 heteroatoms. The van der Waals surface area contributed by atoms with Gasteiger partial charge in [0.1, 0.15) is 11.5 Å². The molecule has 0 aliphatic heterocycles. The molecule has 18 heavy (non-hydrogen) atoms. The third-order valence-electron chi connectivity index (χ3n) is 2.69. The highest BCUT2D eigenvalue weighted by Gasteiger charge is 2.16. The van der Waals surface area contributed by atoms with Crippen molar-refractivity contribution in [2.45, 2.75) is 52.9 Å². The Balaban J connectivity index is 2.96. The van der Waals surface area contributed by atoms with E-state index in [1.807, 2.05) is 6.07 Å². The molecule has 2 nitrogen and oxygen atoms in total. The van der Waals surface area contributed by atoms with Gasteiger partial charge in [-0.25, -0.2) is 0 Å². The monoisotopic (exact) mass is 250 g/mol. The van der Waals surface area contributed by atoms with Crippen LogP contribution in [0.1, 0.15) is 53.0 Å². The van der Waals surface area contributed by atoms with E-state index in [2.05, 4.69) is 46.8 Å². The second-order valence-corrected chi connectivity index (χ2v) is 5.64. The lowest BCUT2D eigenvalue weighted by molar-refractivity contribution is 0.300. The van der Waals surface area contributed by atoms with E-state index in [1.165, 1.54) is 5.56 Å². The SMILES string of the molecule is CCCOc1cc(OCCC)cc(C(C)(C)C)c1. The van der Waals surface area contributed by atoms with Crippen molar-refractivity contribution in [1.82, 2.24) is 0 Å². The number of ether oxygens (including phenoxy) is 2. The van der Waals surface area contributed by atoms with Gasteiger partial charge in [0, 0.05) is 6.07 Å². The van der Waals surface area contributed by atoms with Gasteiger partial charge >= 0.3 is 0 Å². The Kier molecular flexibility index (Phi) is 5.52. The first-order chi connectivity index (χ1) is 8.47. The average Bonchev–Trinajstić information content (AvgIpc) is 2.32. The van der Waals surface area contributed by atoms with Gasteiger partial charge in [-0.2, -0.15) is 0 Å². The fourth-order valence-electron chi connectivity index (χ4n) is 1.61. The average molecular weight is 250 g/mol. The molecular formula is C16H26O2. The normalized spacial score (nSPS) is 11.4. The standard InChI is InChI=1S/C16H26O2/c1-6-8-17-14-10-13(16(3,4)5)11-15(12-14)18-9-7-2/h10-12H,6-9H2,1-5H3. The third kappa shape index (κ3) is 4.59. The minimum absolute atomic E-state index is 0.107. The van der Waals surface area contributed by atoms with E-state index in [1.54, 1.807) is 0 Å². The lowest BCUT2D eigenvalue weighted by atomic mass is 9.87. The van der Waals surface area contributed by atoms with Crippen molar-refractivity contribution < 1.29 is 9.47 Å². The summed E-state index contributed by atoms with van der Waals surface area (Å²) in [6.07, 6.45) is 2.04. The first-order valence-corrected chi connectivity index (χ1v) is 6.88. The first kappa shape index (κ1) is 14.9. The fraction of sp³-hybridized carbons (Fsp3) is 0.625. The molecule has 1 rings (SSSR count). The minimum atomic E-state index is 0.107. The molecule has 102 valence electrons.